The molecule has 22 heavy (non-hydrogen) atoms. The number of hydrogen-bond acceptors (Lipinski definition) is 5. The second kappa shape index (κ2) is 6.01. The van der Waals surface area contributed by atoms with Crippen molar-refractivity contribution in [1.29, 1.82) is 0 Å². The summed E-state index contributed by atoms with van der Waals surface area (Å²) in [5.41, 5.74) is 0.699. The van der Waals surface area contributed by atoms with Crippen LogP contribution in [0.3, 0.4) is 0 Å². The van der Waals surface area contributed by atoms with E-state index in [1.165, 1.54) is 0 Å². The number of carbonyl (C=O) groups excluding carboxylic acids is 1. The first-order valence-corrected chi connectivity index (χ1v) is 9.33. The number of esters is 1. The molecule has 1 N–H and O–H groups in total. The maximum atomic E-state index is 12.6. The molecular weight excluding hydrogens is 302 g/mol. The first-order valence-electron chi connectivity index (χ1n) is 7.78. The third-order valence-electron chi connectivity index (χ3n) is 4.34. The van der Waals surface area contributed by atoms with Gasteiger partial charge in [-0.3, -0.25) is 4.79 Å². The van der Waals surface area contributed by atoms with Gasteiger partial charge in [0.25, 0.3) is 0 Å². The van der Waals surface area contributed by atoms with Crippen LogP contribution in [0, 0.1) is 5.92 Å². The third-order valence-corrected chi connectivity index (χ3v) is 6.67. The molecule has 5 nitrogen and oxygen atoms in total. The van der Waals surface area contributed by atoms with Gasteiger partial charge in [0.15, 0.2) is 9.84 Å². The van der Waals surface area contributed by atoms with E-state index >= 15 is 0 Å². The molecule has 2 aliphatic rings. The number of sulfone groups is 1. The summed E-state index contributed by atoms with van der Waals surface area (Å²) in [4.78, 5) is 12.5. The van der Waals surface area contributed by atoms with E-state index in [4.69, 9.17) is 4.74 Å². The number of carbonyl (C=O) groups is 1. The SMILES string of the molecule is CCOC(=O)[C@H]1CCNC1c1ccccc1S(=O)(=O)C1CC1. The summed E-state index contributed by atoms with van der Waals surface area (Å²) in [7, 11) is -3.29. The maximum absolute atomic E-state index is 12.6. The molecule has 2 atom stereocenters. The van der Waals surface area contributed by atoms with Gasteiger partial charge in [-0.2, -0.15) is 0 Å². The van der Waals surface area contributed by atoms with E-state index in [1.807, 2.05) is 12.1 Å². The largest absolute Gasteiger partial charge is 0.466 e. The Bertz CT molecular complexity index is 666. The summed E-state index contributed by atoms with van der Waals surface area (Å²) in [6.07, 6.45) is 2.13. The van der Waals surface area contributed by atoms with Gasteiger partial charge in [-0.15, -0.1) is 0 Å². The van der Waals surface area contributed by atoms with E-state index in [0.29, 0.717) is 30.0 Å². The van der Waals surface area contributed by atoms with Crippen LogP contribution in [0.1, 0.15) is 37.8 Å². The Morgan fingerprint density at radius 2 is 2.00 bits per heavy atom. The van der Waals surface area contributed by atoms with Crippen LogP contribution in [0.15, 0.2) is 29.2 Å². The predicted molar refractivity (Wildman–Crippen MR) is 82.1 cm³/mol. The second-order valence-corrected chi connectivity index (χ2v) is 8.06. The van der Waals surface area contributed by atoms with Gasteiger partial charge in [0, 0.05) is 6.04 Å². The summed E-state index contributed by atoms with van der Waals surface area (Å²) < 4.78 is 30.4. The number of rotatable bonds is 5. The lowest BCUT2D eigenvalue weighted by molar-refractivity contribution is -0.148. The van der Waals surface area contributed by atoms with Crippen molar-refractivity contribution < 1.29 is 17.9 Å². The van der Waals surface area contributed by atoms with Crippen LogP contribution in [0.5, 0.6) is 0 Å². The fraction of sp³-hybridized carbons (Fsp3) is 0.562. The van der Waals surface area contributed by atoms with Crippen molar-refractivity contribution in [2.24, 2.45) is 5.92 Å². The van der Waals surface area contributed by atoms with Crippen LogP contribution in [0.4, 0.5) is 0 Å². The predicted octanol–water partition coefficient (Wildman–Crippen LogP) is 1.84. The van der Waals surface area contributed by atoms with Crippen LogP contribution in [-0.2, 0) is 19.4 Å². The van der Waals surface area contributed by atoms with Crippen LogP contribution in [0.25, 0.3) is 0 Å². The molecule has 1 heterocycles. The van der Waals surface area contributed by atoms with E-state index < -0.39 is 9.84 Å². The van der Waals surface area contributed by atoms with Crippen molar-refractivity contribution in [2.75, 3.05) is 13.2 Å². The summed E-state index contributed by atoms with van der Waals surface area (Å²) in [6, 6.07) is 6.75. The highest BCUT2D eigenvalue weighted by atomic mass is 32.2. The quantitative estimate of drug-likeness (QED) is 0.837. The molecule has 2 fully saturated rings. The molecule has 6 heteroatoms. The van der Waals surface area contributed by atoms with Gasteiger partial charge < -0.3 is 10.1 Å². The van der Waals surface area contributed by atoms with Crippen molar-refractivity contribution in [3.8, 4) is 0 Å². The number of hydrogen-bond donors (Lipinski definition) is 1. The zero-order valence-electron chi connectivity index (χ0n) is 12.6. The highest BCUT2D eigenvalue weighted by Crippen LogP contribution is 2.39. The molecule has 1 aromatic carbocycles. The first-order chi connectivity index (χ1) is 10.6. The fourth-order valence-corrected chi connectivity index (χ4v) is 5.00. The zero-order valence-corrected chi connectivity index (χ0v) is 13.4. The van der Waals surface area contributed by atoms with Gasteiger partial charge in [0.05, 0.1) is 22.7 Å². The normalized spacial score (nSPS) is 25.1. The highest BCUT2D eigenvalue weighted by molar-refractivity contribution is 7.92. The molecule has 0 bridgehead atoms. The molecule has 0 radical (unpaired) electrons. The molecule has 1 aliphatic heterocycles. The molecule has 1 aliphatic carbocycles. The first kappa shape index (κ1) is 15.5. The van der Waals surface area contributed by atoms with Crippen molar-refractivity contribution >= 4 is 15.8 Å². The van der Waals surface area contributed by atoms with E-state index in [9.17, 15) is 13.2 Å². The minimum atomic E-state index is -3.29. The van der Waals surface area contributed by atoms with Crippen molar-refractivity contribution in [3.05, 3.63) is 29.8 Å². The minimum Gasteiger partial charge on any atom is -0.466 e. The molecule has 120 valence electrons. The standard InChI is InChI=1S/C16H21NO4S/c1-2-21-16(18)13-9-10-17-15(13)12-5-3-4-6-14(12)22(19,20)11-7-8-11/h3-6,11,13,15,17H,2,7-10H2,1H3/t13-,15?/m0/s1. The van der Waals surface area contributed by atoms with Crippen LogP contribution in [0.2, 0.25) is 0 Å². The van der Waals surface area contributed by atoms with E-state index in [1.54, 1.807) is 19.1 Å². The summed E-state index contributed by atoms with van der Waals surface area (Å²) in [5, 5.41) is 3.02. The van der Waals surface area contributed by atoms with Crippen molar-refractivity contribution in [3.63, 3.8) is 0 Å². The Morgan fingerprint density at radius 3 is 2.68 bits per heavy atom. The van der Waals surface area contributed by atoms with Gasteiger partial charge in [-0.25, -0.2) is 8.42 Å². The van der Waals surface area contributed by atoms with Crippen LogP contribution < -0.4 is 5.32 Å². The molecular formula is C16H21NO4S. The molecule has 0 amide bonds. The molecule has 1 saturated heterocycles. The highest BCUT2D eigenvalue weighted by Gasteiger charge is 2.42. The molecule has 1 aromatic rings. The topological polar surface area (TPSA) is 72.5 Å². The number of nitrogens with one attached hydrogen (secondary N) is 1. The fourth-order valence-electron chi connectivity index (χ4n) is 3.09. The Hall–Kier alpha value is -1.40. The number of ether oxygens (including phenoxy) is 1. The van der Waals surface area contributed by atoms with E-state index in [-0.39, 0.29) is 23.2 Å². The smallest absolute Gasteiger partial charge is 0.310 e. The Morgan fingerprint density at radius 1 is 1.27 bits per heavy atom. The van der Waals surface area contributed by atoms with Crippen molar-refractivity contribution in [1.82, 2.24) is 5.32 Å². The number of benzene rings is 1. The van der Waals surface area contributed by atoms with Crippen LogP contribution >= 0.6 is 0 Å². The average molecular weight is 323 g/mol. The molecule has 3 rings (SSSR count). The van der Waals surface area contributed by atoms with Gasteiger partial charge in [0.1, 0.15) is 0 Å². The van der Waals surface area contributed by atoms with E-state index in [0.717, 1.165) is 12.8 Å². The lowest BCUT2D eigenvalue weighted by Gasteiger charge is -2.21. The van der Waals surface area contributed by atoms with Crippen LogP contribution in [-0.4, -0.2) is 32.8 Å². The van der Waals surface area contributed by atoms with Gasteiger partial charge in [-0.1, -0.05) is 18.2 Å². The maximum Gasteiger partial charge on any atom is 0.310 e. The van der Waals surface area contributed by atoms with Crippen molar-refractivity contribution in [2.45, 2.75) is 42.4 Å². The zero-order chi connectivity index (χ0) is 15.7. The van der Waals surface area contributed by atoms with E-state index in [2.05, 4.69) is 5.32 Å². The molecule has 1 unspecified atom stereocenters. The lowest BCUT2D eigenvalue weighted by atomic mass is 9.94. The van der Waals surface area contributed by atoms with Gasteiger partial charge in [0.2, 0.25) is 0 Å². The Labute approximate surface area is 131 Å². The molecule has 1 saturated carbocycles. The Kier molecular flexibility index (Phi) is 4.23. The monoisotopic (exact) mass is 323 g/mol. The summed E-state index contributed by atoms with van der Waals surface area (Å²) >= 11 is 0. The lowest BCUT2D eigenvalue weighted by Crippen LogP contribution is -2.27. The average Bonchev–Trinajstić information content (AvgIpc) is 3.26. The second-order valence-electron chi connectivity index (χ2n) is 5.86. The van der Waals surface area contributed by atoms with Gasteiger partial charge in [-0.05, 0) is 44.4 Å². The minimum absolute atomic E-state index is 0.254. The summed E-state index contributed by atoms with van der Waals surface area (Å²) in [6.45, 7) is 2.80. The third kappa shape index (κ3) is 2.77. The summed E-state index contributed by atoms with van der Waals surface area (Å²) in [5.74, 6) is -0.577. The molecule has 0 spiro atoms. The van der Waals surface area contributed by atoms with Gasteiger partial charge >= 0.3 is 5.97 Å². The molecule has 0 aromatic heterocycles. The Balaban J connectivity index is 1.96.